The first kappa shape index (κ1) is 11.9. The molecule has 0 atom stereocenters. The van der Waals surface area contributed by atoms with Gasteiger partial charge in [-0.2, -0.15) is 5.10 Å². The lowest BCUT2D eigenvalue weighted by molar-refractivity contribution is 0.305. The van der Waals surface area contributed by atoms with Crippen molar-refractivity contribution in [1.82, 2.24) is 14.8 Å². The van der Waals surface area contributed by atoms with Crippen molar-refractivity contribution in [3.05, 3.63) is 41.4 Å². The molecule has 0 fully saturated rings. The van der Waals surface area contributed by atoms with Gasteiger partial charge in [-0.3, -0.25) is 9.67 Å². The van der Waals surface area contributed by atoms with Gasteiger partial charge in [0.25, 0.3) is 0 Å². The van der Waals surface area contributed by atoms with Gasteiger partial charge in [0.2, 0.25) is 0 Å². The second-order valence-electron chi connectivity index (χ2n) is 3.69. The van der Waals surface area contributed by atoms with Crippen LogP contribution in [0.4, 0.5) is 0 Å². The van der Waals surface area contributed by atoms with Gasteiger partial charge in [-0.1, -0.05) is 18.5 Å². The standard InChI is InChI=1S/C12H14ClN3O/c1-2-5-16-8-11(6-15-16)17-9-10-3-4-14-7-12(10)13/h3-4,6-8H,2,5,9H2,1H3. The van der Waals surface area contributed by atoms with Gasteiger partial charge in [-0.05, 0) is 12.5 Å². The average molecular weight is 252 g/mol. The van der Waals surface area contributed by atoms with Crippen molar-refractivity contribution < 1.29 is 4.74 Å². The van der Waals surface area contributed by atoms with Crippen molar-refractivity contribution in [2.75, 3.05) is 0 Å². The predicted octanol–water partition coefficient (Wildman–Crippen LogP) is 2.92. The number of hydrogen-bond donors (Lipinski definition) is 0. The second-order valence-corrected chi connectivity index (χ2v) is 4.10. The van der Waals surface area contributed by atoms with Crippen molar-refractivity contribution in [3.63, 3.8) is 0 Å². The summed E-state index contributed by atoms with van der Waals surface area (Å²) in [7, 11) is 0. The highest BCUT2D eigenvalue weighted by Crippen LogP contribution is 2.17. The number of nitrogens with zero attached hydrogens (tertiary/aromatic N) is 3. The minimum atomic E-state index is 0.430. The molecular weight excluding hydrogens is 238 g/mol. The van der Waals surface area contributed by atoms with E-state index in [1.54, 1.807) is 18.6 Å². The van der Waals surface area contributed by atoms with Crippen molar-refractivity contribution in [3.8, 4) is 5.75 Å². The molecule has 2 aromatic heterocycles. The van der Waals surface area contributed by atoms with Crippen LogP contribution in [0.5, 0.6) is 5.75 Å². The molecule has 0 aliphatic heterocycles. The molecule has 0 aromatic carbocycles. The van der Waals surface area contributed by atoms with Crippen LogP contribution in [0.3, 0.4) is 0 Å². The predicted molar refractivity (Wildman–Crippen MR) is 66.1 cm³/mol. The first-order valence-electron chi connectivity index (χ1n) is 5.53. The van der Waals surface area contributed by atoms with E-state index in [-0.39, 0.29) is 0 Å². The smallest absolute Gasteiger partial charge is 0.157 e. The Labute approximate surface area is 105 Å². The zero-order valence-corrected chi connectivity index (χ0v) is 10.4. The Hall–Kier alpha value is -1.55. The molecule has 17 heavy (non-hydrogen) atoms. The fourth-order valence-electron chi connectivity index (χ4n) is 1.45. The molecule has 2 rings (SSSR count). The minimum Gasteiger partial charge on any atom is -0.486 e. The van der Waals surface area contributed by atoms with E-state index in [1.807, 2.05) is 16.9 Å². The number of hydrogen-bond acceptors (Lipinski definition) is 3. The van der Waals surface area contributed by atoms with Crippen LogP contribution < -0.4 is 4.74 Å². The quantitative estimate of drug-likeness (QED) is 0.820. The third kappa shape index (κ3) is 3.20. The maximum absolute atomic E-state index is 5.98. The van der Waals surface area contributed by atoms with Crippen molar-refractivity contribution in [1.29, 1.82) is 0 Å². The monoisotopic (exact) mass is 251 g/mol. The van der Waals surface area contributed by atoms with Gasteiger partial charge in [-0.15, -0.1) is 0 Å². The molecule has 0 radical (unpaired) electrons. The molecule has 5 heteroatoms. The third-order valence-electron chi connectivity index (χ3n) is 2.31. The first-order valence-corrected chi connectivity index (χ1v) is 5.91. The SMILES string of the molecule is CCCn1cc(OCc2ccncc2Cl)cn1. The first-order chi connectivity index (χ1) is 8.29. The molecule has 4 nitrogen and oxygen atoms in total. The number of aromatic nitrogens is 3. The molecule has 2 aromatic rings. The zero-order chi connectivity index (χ0) is 12.1. The summed E-state index contributed by atoms with van der Waals surface area (Å²) >= 11 is 5.98. The summed E-state index contributed by atoms with van der Waals surface area (Å²) in [5, 5.41) is 4.81. The number of rotatable bonds is 5. The Bertz CT molecular complexity index is 484. The average Bonchev–Trinajstić information content (AvgIpc) is 2.76. The van der Waals surface area contributed by atoms with Crippen LogP contribution in [0.2, 0.25) is 5.02 Å². The minimum absolute atomic E-state index is 0.430. The molecule has 0 amide bonds. The summed E-state index contributed by atoms with van der Waals surface area (Å²) in [5.74, 6) is 0.756. The molecular formula is C12H14ClN3O. The summed E-state index contributed by atoms with van der Waals surface area (Å²) in [6.45, 7) is 3.44. The Morgan fingerprint density at radius 2 is 2.29 bits per heavy atom. The van der Waals surface area contributed by atoms with E-state index in [1.165, 1.54) is 0 Å². The van der Waals surface area contributed by atoms with E-state index in [9.17, 15) is 0 Å². The van der Waals surface area contributed by atoms with Crippen LogP contribution >= 0.6 is 11.6 Å². The molecule has 90 valence electrons. The third-order valence-corrected chi connectivity index (χ3v) is 2.65. The van der Waals surface area contributed by atoms with Crippen LogP contribution in [0, 0.1) is 0 Å². The molecule has 0 saturated carbocycles. The molecule has 0 unspecified atom stereocenters. The fraction of sp³-hybridized carbons (Fsp3) is 0.333. The molecule has 0 aliphatic rings. The summed E-state index contributed by atoms with van der Waals surface area (Å²) in [6.07, 6.45) is 7.96. The summed E-state index contributed by atoms with van der Waals surface area (Å²) < 4.78 is 7.47. The Kier molecular flexibility index (Phi) is 3.98. The lowest BCUT2D eigenvalue weighted by Gasteiger charge is -2.04. The maximum Gasteiger partial charge on any atom is 0.157 e. The van der Waals surface area contributed by atoms with Crippen LogP contribution in [-0.2, 0) is 13.2 Å². The zero-order valence-electron chi connectivity index (χ0n) is 9.64. The van der Waals surface area contributed by atoms with Crippen molar-refractivity contribution in [2.24, 2.45) is 0 Å². The van der Waals surface area contributed by atoms with Gasteiger partial charge in [0.15, 0.2) is 5.75 Å². The van der Waals surface area contributed by atoms with E-state index in [0.717, 1.165) is 24.3 Å². The summed E-state index contributed by atoms with van der Waals surface area (Å²) in [4.78, 5) is 3.92. The lowest BCUT2D eigenvalue weighted by Crippen LogP contribution is -1.97. The Morgan fingerprint density at radius 3 is 3.06 bits per heavy atom. The molecule has 2 heterocycles. The van der Waals surface area contributed by atoms with Gasteiger partial charge >= 0.3 is 0 Å². The van der Waals surface area contributed by atoms with Gasteiger partial charge in [0.05, 0.1) is 17.4 Å². The van der Waals surface area contributed by atoms with Crippen LogP contribution in [0.15, 0.2) is 30.9 Å². The second kappa shape index (κ2) is 5.68. The highest BCUT2D eigenvalue weighted by Gasteiger charge is 2.02. The van der Waals surface area contributed by atoms with E-state index >= 15 is 0 Å². The molecule has 0 saturated heterocycles. The van der Waals surface area contributed by atoms with Crippen LogP contribution in [-0.4, -0.2) is 14.8 Å². The molecule has 0 N–H and O–H groups in total. The van der Waals surface area contributed by atoms with E-state index in [2.05, 4.69) is 17.0 Å². The highest BCUT2D eigenvalue weighted by atomic mass is 35.5. The topological polar surface area (TPSA) is 39.9 Å². The van der Waals surface area contributed by atoms with Crippen molar-refractivity contribution >= 4 is 11.6 Å². The van der Waals surface area contributed by atoms with Crippen molar-refractivity contribution in [2.45, 2.75) is 26.5 Å². The van der Waals surface area contributed by atoms with Gasteiger partial charge in [0, 0.05) is 24.5 Å². The number of pyridine rings is 1. The van der Waals surface area contributed by atoms with Gasteiger partial charge in [-0.25, -0.2) is 0 Å². The molecule has 0 spiro atoms. The lowest BCUT2D eigenvalue weighted by atomic mass is 10.3. The number of ether oxygens (including phenoxy) is 1. The van der Waals surface area contributed by atoms with E-state index in [0.29, 0.717) is 11.6 Å². The highest BCUT2D eigenvalue weighted by molar-refractivity contribution is 6.31. The molecule has 0 aliphatic carbocycles. The number of halogens is 1. The largest absolute Gasteiger partial charge is 0.486 e. The summed E-state index contributed by atoms with van der Waals surface area (Å²) in [6, 6.07) is 1.85. The van der Waals surface area contributed by atoms with Gasteiger partial charge in [0.1, 0.15) is 6.61 Å². The maximum atomic E-state index is 5.98. The van der Waals surface area contributed by atoms with Crippen LogP contribution in [0.1, 0.15) is 18.9 Å². The molecule has 0 bridgehead atoms. The Morgan fingerprint density at radius 1 is 1.41 bits per heavy atom. The van der Waals surface area contributed by atoms with Gasteiger partial charge < -0.3 is 4.74 Å². The van der Waals surface area contributed by atoms with E-state index in [4.69, 9.17) is 16.3 Å². The summed E-state index contributed by atoms with van der Waals surface area (Å²) in [5.41, 5.74) is 0.921. The van der Waals surface area contributed by atoms with E-state index < -0.39 is 0 Å². The van der Waals surface area contributed by atoms with Crippen LogP contribution in [0.25, 0.3) is 0 Å². The normalized spacial score (nSPS) is 10.5. The number of aryl methyl sites for hydroxylation is 1. The Balaban J connectivity index is 1.95. The fourth-order valence-corrected chi connectivity index (χ4v) is 1.63.